The fourth-order valence-electron chi connectivity index (χ4n) is 2.22. The second kappa shape index (κ2) is 9.37. The minimum absolute atomic E-state index is 0.0947. The molecule has 0 amide bonds. The first kappa shape index (κ1) is 17.5. The minimum Gasteiger partial charge on any atom is -0.497 e. The van der Waals surface area contributed by atoms with Gasteiger partial charge in [-0.3, -0.25) is 4.79 Å². The highest BCUT2D eigenvalue weighted by molar-refractivity contribution is 5.79. The van der Waals surface area contributed by atoms with Crippen LogP contribution in [-0.2, 0) is 9.53 Å². The zero-order valence-corrected chi connectivity index (χ0v) is 13.0. The summed E-state index contributed by atoms with van der Waals surface area (Å²) in [7, 11) is 1.60. The Bertz CT molecular complexity index is 436. The number of carbonyl (C=O) groups is 1. The first-order chi connectivity index (χ1) is 10.1. The molecule has 2 atom stereocenters. The van der Waals surface area contributed by atoms with Crippen LogP contribution in [0.3, 0.4) is 0 Å². The molecule has 2 N–H and O–H groups in total. The molecule has 0 saturated heterocycles. The van der Waals surface area contributed by atoms with E-state index in [2.05, 4.69) is 5.32 Å². The van der Waals surface area contributed by atoms with E-state index in [-0.39, 0.29) is 18.6 Å². The summed E-state index contributed by atoms with van der Waals surface area (Å²) >= 11 is 0. The van der Waals surface area contributed by atoms with Crippen LogP contribution in [0.25, 0.3) is 0 Å². The number of hydrogen-bond acceptors (Lipinski definition) is 5. The Morgan fingerprint density at radius 2 is 2.19 bits per heavy atom. The summed E-state index contributed by atoms with van der Waals surface area (Å²) in [6.07, 6.45) is 0.651. The van der Waals surface area contributed by atoms with Crippen LogP contribution in [-0.4, -0.2) is 44.0 Å². The average molecular weight is 295 g/mol. The maximum absolute atomic E-state index is 12.3. The lowest BCUT2D eigenvalue weighted by Crippen LogP contribution is -2.38. The summed E-state index contributed by atoms with van der Waals surface area (Å²) in [5.41, 5.74) is 0.858. The van der Waals surface area contributed by atoms with Crippen molar-refractivity contribution in [3.8, 4) is 5.75 Å². The van der Waals surface area contributed by atoms with E-state index in [1.165, 1.54) is 0 Å². The fraction of sp³-hybridized carbons (Fsp3) is 0.562. The minimum atomic E-state index is -0.404. The highest BCUT2D eigenvalue weighted by Crippen LogP contribution is 2.25. The maximum Gasteiger partial charge on any atom is 0.314 e. The zero-order valence-electron chi connectivity index (χ0n) is 13.0. The number of aliphatic hydroxyl groups is 1. The quantitative estimate of drug-likeness (QED) is 0.536. The Morgan fingerprint density at radius 1 is 1.43 bits per heavy atom. The van der Waals surface area contributed by atoms with Crippen molar-refractivity contribution in [1.82, 2.24) is 5.32 Å². The smallest absolute Gasteiger partial charge is 0.314 e. The summed E-state index contributed by atoms with van der Waals surface area (Å²) in [6, 6.07) is 7.36. The van der Waals surface area contributed by atoms with E-state index in [4.69, 9.17) is 14.6 Å². The third kappa shape index (κ3) is 5.36. The van der Waals surface area contributed by atoms with Gasteiger partial charge in [0.25, 0.3) is 0 Å². The molecule has 0 aromatic heterocycles. The van der Waals surface area contributed by atoms with E-state index in [9.17, 15) is 4.79 Å². The Hall–Kier alpha value is -1.59. The monoisotopic (exact) mass is 295 g/mol. The van der Waals surface area contributed by atoms with Crippen LogP contribution in [0.2, 0.25) is 0 Å². The van der Waals surface area contributed by atoms with Gasteiger partial charge in [-0.15, -0.1) is 0 Å². The molecule has 1 aromatic rings. The maximum atomic E-state index is 12.3. The number of rotatable bonds is 9. The third-order valence-corrected chi connectivity index (χ3v) is 3.29. The van der Waals surface area contributed by atoms with E-state index < -0.39 is 5.92 Å². The number of ether oxygens (including phenoxy) is 2. The normalized spacial score (nSPS) is 13.5. The van der Waals surface area contributed by atoms with Crippen molar-refractivity contribution < 1.29 is 19.4 Å². The second-order valence-electron chi connectivity index (χ2n) is 4.83. The van der Waals surface area contributed by atoms with Crippen molar-refractivity contribution in [1.29, 1.82) is 0 Å². The number of esters is 1. The number of benzene rings is 1. The number of hydrogen-bond donors (Lipinski definition) is 2. The zero-order chi connectivity index (χ0) is 15.7. The molecular weight excluding hydrogens is 270 g/mol. The lowest BCUT2D eigenvalue weighted by molar-refractivity contribution is -0.145. The molecule has 0 aliphatic heterocycles. The van der Waals surface area contributed by atoms with Crippen molar-refractivity contribution in [3.63, 3.8) is 0 Å². The number of nitrogens with one attached hydrogen (secondary N) is 1. The van der Waals surface area contributed by atoms with Crippen molar-refractivity contribution in [2.45, 2.75) is 32.2 Å². The van der Waals surface area contributed by atoms with Crippen LogP contribution >= 0.6 is 0 Å². The van der Waals surface area contributed by atoms with E-state index in [0.717, 1.165) is 5.56 Å². The van der Waals surface area contributed by atoms with Gasteiger partial charge in [0.2, 0.25) is 0 Å². The molecule has 0 bridgehead atoms. The molecule has 0 heterocycles. The highest BCUT2D eigenvalue weighted by Gasteiger charge is 2.28. The molecule has 0 aliphatic rings. The van der Waals surface area contributed by atoms with Gasteiger partial charge in [0.15, 0.2) is 0 Å². The van der Waals surface area contributed by atoms with E-state index in [0.29, 0.717) is 25.3 Å². The molecule has 118 valence electrons. The van der Waals surface area contributed by atoms with Crippen molar-refractivity contribution in [2.75, 3.05) is 26.9 Å². The summed E-state index contributed by atoms with van der Waals surface area (Å²) in [5, 5.41) is 12.1. The SMILES string of the molecule is CCOC(=O)[C@H](c1cccc(OC)c1)[C@H](C)NCCCO. The molecule has 5 nitrogen and oxygen atoms in total. The highest BCUT2D eigenvalue weighted by atomic mass is 16.5. The molecule has 1 aromatic carbocycles. The standard InChI is InChI=1S/C16H25NO4/c1-4-21-16(19)15(12(2)17-9-6-10-18)13-7-5-8-14(11-13)20-3/h5,7-8,11-12,15,17-18H,4,6,9-10H2,1-3H3/t12-,15-/m0/s1. The van der Waals surface area contributed by atoms with E-state index >= 15 is 0 Å². The van der Waals surface area contributed by atoms with Crippen molar-refractivity contribution >= 4 is 5.97 Å². The lowest BCUT2D eigenvalue weighted by atomic mass is 9.92. The predicted molar refractivity (Wildman–Crippen MR) is 81.5 cm³/mol. The molecule has 21 heavy (non-hydrogen) atoms. The third-order valence-electron chi connectivity index (χ3n) is 3.29. The van der Waals surface area contributed by atoms with Crippen LogP contribution in [0.1, 0.15) is 31.7 Å². The van der Waals surface area contributed by atoms with Crippen molar-refractivity contribution in [2.24, 2.45) is 0 Å². The second-order valence-corrected chi connectivity index (χ2v) is 4.83. The van der Waals surface area contributed by atoms with Gasteiger partial charge in [-0.05, 0) is 44.5 Å². The van der Waals surface area contributed by atoms with Gasteiger partial charge in [-0.2, -0.15) is 0 Å². The summed E-state index contributed by atoms with van der Waals surface area (Å²) in [6.45, 7) is 4.87. The molecular formula is C16H25NO4. The molecule has 0 spiro atoms. The summed E-state index contributed by atoms with van der Waals surface area (Å²) in [4.78, 5) is 12.3. The van der Waals surface area contributed by atoms with Crippen molar-refractivity contribution in [3.05, 3.63) is 29.8 Å². The summed E-state index contributed by atoms with van der Waals surface area (Å²) in [5.74, 6) is 0.0536. The molecule has 0 saturated carbocycles. The number of methoxy groups -OCH3 is 1. The van der Waals surface area contributed by atoms with Crippen LogP contribution in [0.15, 0.2) is 24.3 Å². The Balaban J connectivity index is 2.92. The number of aliphatic hydroxyl groups excluding tert-OH is 1. The molecule has 5 heteroatoms. The van der Waals surface area contributed by atoms with Gasteiger partial charge in [-0.25, -0.2) is 0 Å². The van der Waals surface area contributed by atoms with Gasteiger partial charge < -0.3 is 19.9 Å². The van der Waals surface area contributed by atoms with Gasteiger partial charge in [0.05, 0.1) is 19.6 Å². The fourth-order valence-corrected chi connectivity index (χ4v) is 2.22. The van der Waals surface area contributed by atoms with Crippen LogP contribution in [0, 0.1) is 0 Å². The van der Waals surface area contributed by atoms with Crippen LogP contribution in [0.4, 0.5) is 0 Å². The first-order valence-corrected chi connectivity index (χ1v) is 7.28. The lowest BCUT2D eigenvalue weighted by Gasteiger charge is -2.24. The first-order valence-electron chi connectivity index (χ1n) is 7.28. The van der Waals surface area contributed by atoms with E-state index in [1.54, 1.807) is 14.0 Å². The van der Waals surface area contributed by atoms with Gasteiger partial charge in [0.1, 0.15) is 5.75 Å². The van der Waals surface area contributed by atoms with Crippen LogP contribution < -0.4 is 10.1 Å². The number of carbonyl (C=O) groups excluding carboxylic acids is 1. The molecule has 1 rings (SSSR count). The topological polar surface area (TPSA) is 67.8 Å². The van der Waals surface area contributed by atoms with Crippen LogP contribution in [0.5, 0.6) is 5.75 Å². The average Bonchev–Trinajstić information content (AvgIpc) is 2.48. The molecule has 0 radical (unpaired) electrons. The largest absolute Gasteiger partial charge is 0.497 e. The molecule has 0 aliphatic carbocycles. The molecule has 0 unspecified atom stereocenters. The molecule has 0 fully saturated rings. The van der Waals surface area contributed by atoms with Gasteiger partial charge >= 0.3 is 5.97 Å². The summed E-state index contributed by atoms with van der Waals surface area (Å²) < 4.78 is 10.4. The Morgan fingerprint density at radius 3 is 2.81 bits per heavy atom. The van der Waals surface area contributed by atoms with E-state index in [1.807, 2.05) is 31.2 Å². The van der Waals surface area contributed by atoms with Gasteiger partial charge in [0, 0.05) is 12.6 Å². The van der Waals surface area contributed by atoms with Gasteiger partial charge in [-0.1, -0.05) is 12.1 Å². The Labute approximate surface area is 126 Å². The Kier molecular flexibility index (Phi) is 7.79. The predicted octanol–water partition coefficient (Wildman–Crippen LogP) is 1.70.